The summed E-state index contributed by atoms with van der Waals surface area (Å²) < 4.78 is 109. The summed E-state index contributed by atoms with van der Waals surface area (Å²) in [6.07, 6.45) is 2.95. The van der Waals surface area contributed by atoms with Crippen LogP contribution in [0, 0.1) is 29.4 Å². The van der Waals surface area contributed by atoms with E-state index in [-0.39, 0.29) is 24.9 Å². The lowest BCUT2D eigenvalue weighted by molar-refractivity contribution is -0.225. The Balaban J connectivity index is 1.52. The van der Waals surface area contributed by atoms with Crippen LogP contribution < -0.4 is 9.47 Å². The summed E-state index contributed by atoms with van der Waals surface area (Å²) in [4.78, 5) is 0. The molecule has 0 bridgehead atoms. The molecular weight excluding hydrogens is 481 g/mol. The Morgan fingerprint density at radius 3 is 2.23 bits per heavy atom. The predicted molar refractivity (Wildman–Crippen MR) is 115 cm³/mol. The van der Waals surface area contributed by atoms with Crippen molar-refractivity contribution in [1.82, 2.24) is 0 Å². The van der Waals surface area contributed by atoms with Crippen LogP contribution in [0.25, 0.3) is 0 Å². The van der Waals surface area contributed by atoms with Crippen molar-refractivity contribution in [2.75, 3.05) is 6.61 Å². The third kappa shape index (κ3) is 7.38. The van der Waals surface area contributed by atoms with Crippen molar-refractivity contribution in [2.45, 2.75) is 70.5 Å². The topological polar surface area (TPSA) is 27.7 Å². The summed E-state index contributed by atoms with van der Waals surface area (Å²) in [5.41, 5.74) is 0. The van der Waals surface area contributed by atoms with Gasteiger partial charge in [-0.3, -0.25) is 0 Å². The molecule has 35 heavy (non-hydrogen) atoms. The summed E-state index contributed by atoms with van der Waals surface area (Å²) in [6, 6.07) is -1.82. The standard InChI is InChI=1S/C25H29F7O3/c1-2-3-4-5-15-6-11-21(33-14-15)16-7-9-17(10-8-16)25(31,32)35-18-12-19(26)22(20(27)13-18)34-24(30)23(28)29/h2-3,12-13,15-17,21H,4-11,14H2,1H3/b3-2+. The normalized spacial score (nSPS) is 25.5. The van der Waals surface area contributed by atoms with Crippen LogP contribution in [0.1, 0.15) is 58.3 Å². The first-order chi connectivity index (χ1) is 16.6. The molecule has 0 spiro atoms. The molecule has 2 aliphatic rings. The van der Waals surface area contributed by atoms with Gasteiger partial charge >= 0.3 is 18.2 Å². The molecule has 3 nitrogen and oxygen atoms in total. The van der Waals surface area contributed by atoms with E-state index in [4.69, 9.17) is 4.74 Å². The van der Waals surface area contributed by atoms with Gasteiger partial charge < -0.3 is 14.2 Å². The SMILES string of the molecule is C/C=C/CCC1CCC(C2CCC(C(F)(F)Oc3cc(F)c(OC(F)=C(F)F)c(F)c3)CC2)OC1. The smallest absolute Gasteiger partial charge is 0.400 e. The third-order valence-electron chi connectivity index (χ3n) is 6.72. The van der Waals surface area contributed by atoms with E-state index in [2.05, 4.69) is 15.5 Å². The molecule has 1 saturated heterocycles. The van der Waals surface area contributed by atoms with Crippen molar-refractivity contribution in [1.29, 1.82) is 0 Å². The Labute approximate surface area is 199 Å². The van der Waals surface area contributed by atoms with Gasteiger partial charge in [0.05, 0.1) is 12.0 Å². The molecule has 1 aromatic rings. The van der Waals surface area contributed by atoms with Crippen LogP contribution >= 0.6 is 0 Å². The highest BCUT2D eigenvalue weighted by atomic mass is 19.3. The zero-order chi connectivity index (χ0) is 25.6. The number of hydrogen-bond donors (Lipinski definition) is 0. The van der Waals surface area contributed by atoms with Crippen LogP contribution in [-0.4, -0.2) is 18.8 Å². The molecular formula is C25H29F7O3. The van der Waals surface area contributed by atoms with E-state index in [1.165, 1.54) is 0 Å². The molecule has 2 atom stereocenters. The van der Waals surface area contributed by atoms with Crippen molar-refractivity contribution in [2.24, 2.45) is 17.8 Å². The maximum Gasteiger partial charge on any atom is 0.400 e. The van der Waals surface area contributed by atoms with Gasteiger partial charge in [-0.1, -0.05) is 12.2 Å². The van der Waals surface area contributed by atoms with Crippen LogP contribution in [0.3, 0.4) is 0 Å². The van der Waals surface area contributed by atoms with Crippen LogP contribution in [0.5, 0.6) is 11.5 Å². The summed E-state index contributed by atoms with van der Waals surface area (Å²) in [6.45, 7) is 2.66. The lowest BCUT2D eigenvalue weighted by Crippen LogP contribution is -2.40. The Hall–Kier alpha value is -2.23. The monoisotopic (exact) mass is 510 g/mol. The fraction of sp³-hybridized carbons (Fsp3) is 0.600. The van der Waals surface area contributed by atoms with Crippen LogP contribution in [0.4, 0.5) is 30.7 Å². The van der Waals surface area contributed by atoms with Crippen molar-refractivity contribution >= 4 is 0 Å². The summed E-state index contributed by atoms with van der Waals surface area (Å²) in [7, 11) is 0. The molecule has 1 aromatic carbocycles. The number of hydrogen-bond acceptors (Lipinski definition) is 3. The number of rotatable bonds is 9. The van der Waals surface area contributed by atoms with E-state index in [1.807, 2.05) is 13.0 Å². The quantitative estimate of drug-likeness (QED) is 0.190. The summed E-state index contributed by atoms with van der Waals surface area (Å²) in [5.74, 6) is -6.14. The van der Waals surface area contributed by atoms with Crippen molar-refractivity contribution < 1.29 is 44.9 Å². The second-order valence-corrected chi connectivity index (χ2v) is 9.09. The minimum atomic E-state index is -3.71. The molecule has 0 N–H and O–H groups in total. The van der Waals surface area contributed by atoms with Crippen molar-refractivity contribution in [3.63, 3.8) is 0 Å². The Bertz CT molecular complexity index is 875. The number of allylic oxidation sites excluding steroid dienone is 2. The number of benzene rings is 1. The second kappa shape index (κ2) is 12.1. The number of halogens is 7. The first-order valence-corrected chi connectivity index (χ1v) is 11.8. The fourth-order valence-electron chi connectivity index (χ4n) is 4.81. The van der Waals surface area contributed by atoms with Crippen molar-refractivity contribution in [3.05, 3.63) is 48.0 Å². The second-order valence-electron chi connectivity index (χ2n) is 9.09. The van der Waals surface area contributed by atoms with E-state index >= 15 is 0 Å². The molecule has 10 heteroatoms. The first-order valence-electron chi connectivity index (χ1n) is 11.8. The third-order valence-corrected chi connectivity index (χ3v) is 6.72. The average molecular weight is 510 g/mol. The molecule has 0 amide bonds. The zero-order valence-corrected chi connectivity index (χ0v) is 19.4. The molecule has 2 unspecified atom stereocenters. The Morgan fingerprint density at radius 1 is 1.03 bits per heavy atom. The largest absolute Gasteiger partial charge is 0.432 e. The Kier molecular flexibility index (Phi) is 9.49. The van der Waals surface area contributed by atoms with Gasteiger partial charge in [-0.15, -0.1) is 0 Å². The van der Waals surface area contributed by atoms with Crippen LogP contribution in [-0.2, 0) is 4.74 Å². The predicted octanol–water partition coefficient (Wildman–Crippen LogP) is 8.31. The van der Waals surface area contributed by atoms with Crippen LogP contribution in [0.2, 0.25) is 0 Å². The van der Waals surface area contributed by atoms with E-state index in [1.54, 1.807) is 0 Å². The summed E-state index contributed by atoms with van der Waals surface area (Å²) >= 11 is 0. The van der Waals surface area contributed by atoms with Gasteiger partial charge in [-0.05, 0) is 70.1 Å². The highest BCUT2D eigenvalue weighted by Crippen LogP contribution is 2.43. The van der Waals surface area contributed by atoms with Gasteiger partial charge in [-0.2, -0.15) is 22.0 Å². The Morgan fingerprint density at radius 2 is 1.69 bits per heavy atom. The molecule has 0 aromatic heterocycles. The van der Waals surface area contributed by atoms with Gasteiger partial charge in [0, 0.05) is 18.7 Å². The molecule has 0 radical (unpaired) electrons. The minimum absolute atomic E-state index is 0.0443. The lowest BCUT2D eigenvalue weighted by Gasteiger charge is -2.39. The van der Waals surface area contributed by atoms with Gasteiger partial charge in [0.2, 0.25) is 5.75 Å². The van der Waals surface area contributed by atoms with Crippen LogP contribution in [0.15, 0.2) is 36.4 Å². The van der Waals surface area contributed by atoms with E-state index < -0.39 is 47.3 Å². The molecule has 196 valence electrons. The number of ether oxygens (including phenoxy) is 3. The highest BCUT2D eigenvalue weighted by Gasteiger charge is 2.45. The van der Waals surface area contributed by atoms with Gasteiger partial charge in [0.1, 0.15) is 5.75 Å². The van der Waals surface area contributed by atoms with Gasteiger partial charge in [0.15, 0.2) is 11.6 Å². The maximum atomic E-state index is 14.7. The van der Waals surface area contributed by atoms with E-state index in [9.17, 15) is 30.7 Å². The maximum absolute atomic E-state index is 14.7. The average Bonchev–Trinajstić information content (AvgIpc) is 2.81. The molecule has 1 saturated carbocycles. The van der Waals surface area contributed by atoms with E-state index in [0.29, 0.717) is 37.5 Å². The molecule has 1 aliphatic carbocycles. The minimum Gasteiger partial charge on any atom is -0.432 e. The number of alkyl halides is 2. The molecule has 2 fully saturated rings. The lowest BCUT2D eigenvalue weighted by atomic mass is 9.76. The molecule has 3 rings (SSSR count). The molecule has 1 heterocycles. The summed E-state index contributed by atoms with van der Waals surface area (Å²) in [5, 5.41) is 0. The van der Waals surface area contributed by atoms with Gasteiger partial charge in [-0.25, -0.2) is 8.78 Å². The van der Waals surface area contributed by atoms with Gasteiger partial charge in [0.25, 0.3) is 0 Å². The van der Waals surface area contributed by atoms with Crippen molar-refractivity contribution in [3.8, 4) is 11.5 Å². The molecule has 1 aliphatic heterocycles. The van der Waals surface area contributed by atoms with E-state index in [0.717, 1.165) is 25.7 Å². The highest BCUT2D eigenvalue weighted by molar-refractivity contribution is 5.36. The fourth-order valence-corrected chi connectivity index (χ4v) is 4.81. The first kappa shape index (κ1) is 27.4. The zero-order valence-electron chi connectivity index (χ0n) is 19.4.